The highest BCUT2D eigenvalue weighted by Gasteiger charge is 2.46. The summed E-state index contributed by atoms with van der Waals surface area (Å²) in [6.07, 6.45) is -8.08. The van der Waals surface area contributed by atoms with Gasteiger partial charge in [-0.25, -0.2) is 0 Å². The van der Waals surface area contributed by atoms with Gasteiger partial charge in [0, 0.05) is 12.1 Å². The van der Waals surface area contributed by atoms with Crippen LogP contribution < -0.4 is 5.43 Å². The number of benzene rings is 2. The highest BCUT2D eigenvalue weighted by molar-refractivity contribution is 5.96. The van der Waals surface area contributed by atoms with Gasteiger partial charge in [0.1, 0.15) is 53.0 Å². The van der Waals surface area contributed by atoms with Gasteiger partial charge in [-0.2, -0.15) is 0 Å². The molecule has 2 aromatic carbocycles. The Balaban J connectivity index is 2.05. The third-order valence-corrected chi connectivity index (χ3v) is 5.21. The van der Waals surface area contributed by atoms with Crippen LogP contribution in [0.5, 0.6) is 23.0 Å². The summed E-state index contributed by atoms with van der Waals surface area (Å²) in [5.74, 6) is -2.51. The summed E-state index contributed by atoms with van der Waals surface area (Å²) in [4.78, 5) is 12.9. The van der Waals surface area contributed by atoms with Crippen molar-refractivity contribution in [1.82, 2.24) is 0 Å². The first-order chi connectivity index (χ1) is 14.1. The number of fused-ring (bicyclic) bond motifs is 2. The van der Waals surface area contributed by atoms with Crippen molar-refractivity contribution < 1.29 is 50.0 Å². The number of aliphatic hydroxyl groups excluding tert-OH is 4. The molecule has 11 nitrogen and oxygen atoms in total. The van der Waals surface area contributed by atoms with E-state index < -0.39 is 76.5 Å². The summed E-state index contributed by atoms with van der Waals surface area (Å²) in [5, 5.41) is 79.3. The molecule has 4 rings (SSSR count). The van der Waals surface area contributed by atoms with E-state index in [9.17, 15) is 45.6 Å². The number of hydrogen-bond acceptors (Lipinski definition) is 11. The molecule has 2 heterocycles. The lowest BCUT2D eigenvalue weighted by Crippen LogP contribution is -2.55. The van der Waals surface area contributed by atoms with Gasteiger partial charge >= 0.3 is 0 Å². The van der Waals surface area contributed by atoms with Crippen LogP contribution >= 0.6 is 0 Å². The maximum atomic E-state index is 12.9. The molecule has 1 fully saturated rings. The van der Waals surface area contributed by atoms with Crippen molar-refractivity contribution in [2.75, 3.05) is 6.61 Å². The molecule has 0 bridgehead atoms. The van der Waals surface area contributed by atoms with E-state index in [0.29, 0.717) is 0 Å². The Morgan fingerprint density at radius 1 is 0.833 bits per heavy atom. The number of ether oxygens (including phenoxy) is 1. The molecule has 1 aromatic heterocycles. The maximum Gasteiger partial charge on any atom is 0.204 e. The van der Waals surface area contributed by atoms with Crippen LogP contribution in [-0.4, -0.2) is 71.9 Å². The first-order valence-electron chi connectivity index (χ1n) is 8.83. The second-order valence-electron chi connectivity index (χ2n) is 7.05. The molecule has 1 saturated heterocycles. The van der Waals surface area contributed by atoms with E-state index in [1.165, 1.54) is 0 Å². The van der Waals surface area contributed by atoms with Gasteiger partial charge in [-0.1, -0.05) is 0 Å². The monoisotopic (exact) mass is 422 g/mol. The fourth-order valence-electron chi connectivity index (χ4n) is 3.65. The number of phenolic OH excluding ortho intramolecular Hbond substituents is 4. The molecule has 8 N–H and O–H groups in total. The van der Waals surface area contributed by atoms with Gasteiger partial charge in [0.05, 0.1) is 17.6 Å². The molecule has 1 aliphatic heterocycles. The van der Waals surface area contributed by atoms with E-state index in [4.69, 9.17) is 9.15 Å². The van der Waals surface area contributed by atoms with Crippen LogP contribution in [0.15, 0.2) is 27.4 Å². The van der Waals surface area contributed by atoms with Crippen molar-refractivity contribution in [2.45, 2.75) is 30.5 Å². The Morgan fingerprint density at radius 2 is 1.50 bits per heavy atom. The molecule has 0 spiro atoms. The minimum atomic E-state index is -1.80. The van der Waals surface area contributed by atoms with Crippen molar-refractivity contribution in [3.8, 4) is 23.0 Å². The molecule has 0 amide bonds. The van der Waals surface area contributed by atoms with Gasteiger partial charge in [0.15, 0.2) is 17.1 Å². The van der Waals surface area contributed by atoms with E-state index in [-0.39, 0.29) is 16.5 Å². The Bertz CT molecular complexity index is 1200. The Hall–Kier alpha value is -3.09. The number of rotatable bonds is 2. The quantitative estimate of drug-likeness (QED) is 0.191. The summed E-state index contributed by atoms with van der Waals surface area (Å²) >= 11 is 0. The molecule has 0 saturated carbocycles. The minimum absolute atomic E-state index is 0.182. The second kappa shape index (κ2) is 7.00. The predicted molar refractivity (Wildman–Crippen MR) is 99.4 cm³/mol. The Morgan fingerprint density at radius 3 is 2.17 bits per heavy atom. The van der Waals surface area contributed by atoms with Crippen LogP contribution in [0.1, 0.15) is 11.7 Å². The summed E-state index contributed by atoms with van der Waals surface area (Å²) in [6, 6.07) is 2.70. The predicted octanol–water partition coefficient (Wildman–Crippen LogP) is -0.717. The topological polar surface area (TPSA) is 201 Å². The largest absolute Gasteiger partial charge is 0.507 e. The van der Waals surface area contributed by atoms with Crippen molar-refractivity contribution in [2.24, 2.45) is 0 Å². The number of aliphatic hydroxyl groups is 4. The molecule has 5 atom stereocenters. The fraction of sp³-hybridized carbons (Fsp3) is 0.316. The first kappa shape index (κ1) is 20.2. The van der Waals surface area contributed by atoms with E-state index in [0.717, 1.165) is 18.2 Å². The molecule has 3 aromatic rings. The van der Waals surface area contributed by atoms with E-state index >= 15 is 0 Å². The summed E-state index contributed by atoms with van der Waals surface area (Å²) in [6.45, 7) is -0.724. The average molecular weight is 422 g/mol. The zero-order valence-corrected chi connectivity index (χ0v) is 15.1. The third-order valence-electron chi connectivity index (χ3n) is 5.21. The summed E-state index contributed by atoms with van der Waals surface area (Å²) < 4.78 is 11.0. The van der Waals surface area contributed by atoms with Gasteiger partial charge in [0.25, 0.3) is 0 Å². The summed E-state index contributed by atoms with van der Waals surface area (Å²) in [5.41, 5.74) is -1.77. The Labute approximate surface area is 166 Å². The Kier molecular flexibility index (Phi) is 4.71. The molecule has 30 heavy (non-hydrogen) atoms. The third kappa shape index (κ3) is 2.83. The van der Waals surface area contributed by atoms with Crippen molar-refractivity contribution in [3.63, 3.8) is 0 Å². The smallest absolute Gasteiger partial charge is 0.204 e. The van der Waals surface area contributed by atoms with Gasteiger partial charge in [-0.15, -0.1) is 0 Å². The van der Waals surface area contributed by atoms with E-state index in [1.807, 2.05) is 0 Å². The first-order valence-corrected chi connectivity index (χ1v) is 8.83. The SMILES string of the molecule is O=c1c2cc(O)c(O)cc2oc2c([C@H]3O[C@H](CO)[C@H](O)C(O)[C@H]3O)c(O)cc(O)c12. The molecule has 0 aliphatic carbocycles. The van der Waals surface area contributed by atoms with Crippen LogP contribution in [0.3, 0.4) is 0 Å². The van der Waals surface area contributed by atoms with Crippen molar-refractivity contribution in [1.29, 1.82) is 0 Å². The lowest BCUT2D eigenvalue weighted by Gasteiger charge is -2.40. The maximum absolute atomic E-state index is 12.9. The van der Waals surface area contributed by atoms with Crippen molar-refractivity contribution in [3.05, 3.63) is 34.0 Å². The zero-order chi connectivity index (χ0) is 21.9. The fourth-order valence-corrected chi connectivity index (χ4v) is 3.65. The zero-order valence-electron chi connectivity index (χ0n) is 15.1. The highest BCUT2D eigenvalue weighted by atomic mass is 16.5. The number of hydrogen-bond donors (Lipinski definition) is 8. The average Bonchev–Trinajstić information content (AvgIpc) is 2.69. The second-order valence-corrected chi connectivity index (χ2v) is 7.05. The molecule has 0 radical (unpaired) electrons. The van der Waals surface area contributed by atoms with Gasteiger partial charge in [0.2, 0.25) is 5.43 Å². The standard InChI is InChI=1S/C19H18O11/c20-4-11-15(26)16(27)17(28)19(30-11)13-9(24)2-8(23)12-14(25)5-1-6(21)7(22)3-10(5)29-18(12)13/h1-3,11,15-17,19-24,26-28H,4H2/t11-,15+,16?,17-,19-/m1/s1. The molecule has 160 valence electrons. The molecule has 11 heteroatoms. The van der Waals surface area contributed by atoms with Crippen LogP contribution in [0.4, 0.5) is 0 Å². The molecular weight excluding hydrogens is 404 g/mol. The highest BCUT2D eigenvalue weighted by Crippen LogP contribution is 2.44. The minimum Gasteiger partial charge on any atom is -0.507 e. The van der Waals surface area contributed by atoms with Crippen LogP contribution in [0.25, 0.3) is 21.9 Å². The van der Waals surface area contributed by atoms with Crippen molar-refractivity contribution >= 4 is 21.9 Å². The molecule has 1 unspecified atom stereocenters. The van der Waals surface area contributed by atoms with Gasteiger partial charge < -0.3 is 50.0 Å². The summed E-state index contributed by atoms with van der Waals surface area (Å²) in [7, 11) is 0. The molecule has 1 aliphatic rings. The van der Waals surface area contributed by atoms with E-state index in [1.54, 1.807) is 0 Å². The molecular formula is C19H18O11. The van der Waals surface area contributed by atoms with Gasteiger partial charge in [-0.3, -0.25) is 4.79 Å². The van der Waals surface area contributed by atoms with E-state index in [2.05, 4.69) is 0 Å². The lowest BCUT2D eigenvalue weighted by atomic mass is 9.89. The van der Waals surface area contributed by atoms with Crippen LogP contribution in [0, 0.1) is 0 Å². The number of phenols is 4. The van der Waals surface area contributed by atoms with Crippen LogP contribution in [0.2, 0.25) is 0 Å². The lowest BCUT2D eigenvalue weighted by molar-refractivity contribution is -0.231. The van der Waals surface area contributed by atoms with Crippen LogP contribution in [-0.2, 0) is 4.74 Å². The van der Waals surface area contributed by atoms with Gasteiger partial charge in [-0.05, 0) is 6.07 Å². The normalized spacial score (nSPS) is 27.0. The number of aromatic hydroxyl groups is 4.